The molecular weight excluding hydrogens is 143 g/mol. The fourth-order valence-electron chi connectivity index (χ4n) is 0.484. The molecule has 1 nitrogen and oxygen atoms in total. The molecule has 0 saturated carbocycles. The molecule has 0 aliphatic heterocycles. The molecule has 1 atom stereocenters. The fourth-order valence-corrected chi connectivity index (χ4v) is 0.593. The first kappa shape index (κ1) is 8.92. The lowest BCUT2D eigenvalue weighted by Crippen LogP contribution is -2.04. The Bertz CT molecular complexity index is 103. The maximum absolute atomic E-state index is 11.5. The average molecular weight is 153 g/mol. The van der Waals surface area contributed by atoms with Gasteiger partial charge in [-0.05, 0) is 6.42 Å². The first-order valence-electron chi connectivity index (χ1n) is 2.86. The highest BCUT2D eigenvalue weighted by atomic mass is 35.5. The molecule has 9 heavy (non-hydrogen) atoms. The molecule has 0 aliphatic carbocycles. The van der Waals surface area contributed by atoms with E-state index < -0.39 is 6.10 Å². The minimum Gasteiger partial charge on any atom is -0.387 e. The van der Waals surface area contributed by atoms with E-state index in [9.17, 15) is 4.39 Å². The van der Waals surface area contributed by atoms with Gasteiger partial charge in [0.2, 0.25) is 0 Å². The second kappa shape index (κ2) is 4.77. The van der Waals surface area contributed by atoms with Crippen LogP contribution in [0.15, 0.2) is 11.4 Å². The van der Waals surface area contributed by atoms with Gasteiger partial charge in [0.25, 0.3) is 0 Å². The predicted octanol–water partition coefficient (Wildman–Crippen LogP) is 2.20. The lowest BCUT2D eigenvalue weighted by atomic mass is 10.2. The number of aliphatic hydroxyl groups is 1. The van der Waals surface area contributed by atoms with Crippen LogP contribution in [0.2, 0.25) is 0 Å². The van der Waals surface area contributed by atoms with Crippen molar-refractivity contribution < 1.29 is 9.50 Å². The molecule has 0 rings (SSSR count). The topological polar surface area (TPSA) is 20.2 Å². The zero-order chi connectivity index (χ0) is 7.28. The summed E-state index contributed by atoms with van der Waals surface area (Å²) in [5.41, 5.74) is 0. The van der Waals surface area contributed by atoms with Crippen molar-refractivity contribution in [3.05, 3.63) is 11.4 Å². The zero-order valence-electron chi connectivity index (χ0n) is 5.27. The largest absolute Gasteiger partial charge is 0.387 e. The van der Waals surface area contributed by atoms with Gasteiger partial charge >= 0.3 is 0 Å². The van der Waals surface area contributed by atoms with Gasteiger partial charge in [0.15, 0.2) is 0 Å². The summed E-state index contributed by atoms with van der Waals surface area (Å²) in [7, 11) is 0. The molecule has 0 heterocycles. The highest BCUT2D eigenvalue weighted by molar-refractivity contribution is 6.30. The predicted molar refractivity (Wildman–Crippen MR) is 36.0 cm³/mol. The lowest BCUT2D eigenvalue weighted by molar-refractivity contribution is 0.205. The Kier molecular flexibility index (Phi) is 4.72. The number of halogens is 2. The van der Waals surface area contributed by atoms with Gasteiger partial charge < -0.3 is 5.11 Å². The Morgan fingerprint density at radius 1 is 1.89 bits per heavy atom. The maximum atomic E-state index is 11.5. The Morgan fingerprint density at radius 3 is 2.78 bits per heavy atom. The van der Waals surface area contributed by atoms with E-state index in [0.717, 1.165) is 6.42 Å². The molecule has 0 saturated heterocycles. The third-order valence-electron chi connectivity index (χ3n) is 0.985. The minimum atomic E-state index is -0.818. The van der Waals surface area contributed by atoms with Gasteiger partial charge in [-0.3, -0.25) is 0 Å². The van der Waals surface area contributed by atoms with Gasteiger partial charge in [0.05, 0.1) is 11.1 Å². The number of hydrogen-bond acceptors (Lipinski definition) is 1. The monoisotopic (exact) mass is 152 g/mol. The summed E-state index contributed by atoms with van der Waals surface area (Å²) in [5, 5.41) is 8.76. The van der Waals surface area contributed by atoms with Crippen LogP contribution in [0.1, 0.15) is 19.8 Å². The maximum Gasteiger partial charge on any atom is 0.104 e. The van der Waals surface area contributed by atoms with Crippen molar-refractivity contribution in [2.75, 3.05) is 0 Å². The standard InChI is InChI=1S/C6H10ClFO/c1-2-3-6(9)5(7)4-8/h4,6,9H,2-3H2,1H3/b5-4-. The summed E-state index contributed by atoms with van der Waals surface area (Å²) in [6.45, 7) is 1.89. The summed E-state index contributed by atoms with van der Waals surface area (Å²) < 4.78 is 11.5. The van der Waals surface area contributed by atoms with E-state index in [1.54, 1.807) is 0 Å². The highest BCUT2D eigenvalue weighted by Crippen LogP contribution is 2.12. The molecule has 0 aromatic carbocycles. The van der Waals surface area contributed by atoms with Crippen LogP contribution in [0, 0.1) is 0 Å². The van der Waals surface area contributed by atoms with Gasteiger partial charge in [-0.2, -0.15) is 0 Å². The van der Waals surface area contributed by atoms with Crippen LogP contribution < -0.4 is 0 Å². The molecule has 54 valence electrons. The summed E-state index contributed by atoms with van der Waals surface area (Å²) >= 11 is 5.23. The van der Waals surface area contributed by atoms with Gasteiger partial charge in [-0.1, -0.05) is 24.9 Å². The molecule has 0 radical (unpaired) electrons. The molecule has 0 spiro atoms. The summed E-state index contributed by atoms with van der Waals surface area (Å²) in [4.78, 5) is 0. The molecule has 1 N–H and O–H groups in total. The van der Waals surface area contributed by atoms with Crippen molar-refractivity contribution in [1.82, 2.24) is 0 Å². The normalized spacial score (nSPS) is 15.8. The molecule has 1 unspecified atom stereocenters. The quantitative estimate of drug-likeness (QED) is 0.658. The van der Waals surface area contributed by atoms with Crippen molar-refractivity contribution in [3.8, 4) is 0 Å². The first-order valence-corrected chi connectivity index (χ1v) is 3.24. The smallest absolute Gasteiger partial charge is 0.104 e. The van der Waals surface area contributed by atoms with Crippen molar-refractivity contribution in [2.24, 2.45) is 0 Å². The van der Waals surface area contributed by atoms with E-state index in [1.807, 2.05) is 6.92 Å². The molecule has 0 aromatic rings. The van der Waals surface area contributed by atoms with Gasteiger partial charge in [-0.15, -0.1) is 0 Å². The van der Waals surface area contributed by atoms with Crippen LogP contribution in [0.4, 0.5) is 4.39 Å². The summed E-state index contributed by atoms with van der Waals surface area (Å²) in [6.07, 6.45) is 0.716. The molecule has 3 heteroatoms. The lowest BCUT2D eigenvalue weighted by Gasteiger charge is -2.04. The van der Waals surface area contributed by atoms with E-state index >= 15 is 0 Å². The average Bonchev–Trinajstić information content (AvgIpc) is 1.87. The Labute approximate surface area is 59.1 Å². The second-order valence-electron chi connectivity index (χ2n) is 1.80. The van der Waals surface area contributed by atoms with Crippen LogP contribution in [0.3, 0.4) is 0 Å². The zero-order valence-corrected chi connectivity index (χ0v) is 6.03. The molecule has 0 aromatic heterocycles. The van der Waals surface area contributed by atoms with Crippen molar-refractivity contribution >= 4 is 11.6 Å². The van der Waals surface area contributed by atoms with Crippen molar-refractivity contribution in [2.45, 2.75) is 25.9 Å². The van der Waals surface area contributed by atoms with E-state index in [4.69, 9.17) is 16.7 Å². The number of aliphatic hydroxyl groups excluding tert-OH is 1. The van der Waals surface area contributed by atoms with Crippen LogP contribution >= 0.6 is 11.6 Å². The fraction of sp³-hybridized carbons (Fsp3) is 0.667. The number of rotatable bonds is 3. The van der Waals surface area contributed by atoms with E-state index in [1.165, 1.54) is 0 Å². The van der Waals surface area contributed by atoms with Gasteiger partial charge in [0.1, 0.15) is 6.33 Å². The molecule has 0 bridgehead atoms. The van der Waals surface area contributed by atoms with Crippen LogP contribution in [-0.4, -0.2) is 11.2 Å². The number of hydrogen-bond donors (Lipinski definition) is 1. The third-order valence-corrected chi connectivity index (χ3v) is 1.32. The summed E-state index contributed by atoms with van der Waals surface area (Å²) in [5.74, 6) is 0. The molecule has 0 fully saturated rings. The molecular formula is C6H10ClFO. The van der Waals surface area contributed by atoms with Crippen molar-refractivity contribution in [1.29, 1.82) is 0 Å². The highest BCUT2D eigenvalue weighted by Gasteiger charge is 2.05. The van der Waals surface area contributed by atoms with E-state index in [2.05, 4.69) is 0 Å². The van der Waals surface area contributed by atoms with Crippen LogP contribution in [0.5, 0.6) is 0 Å². The van der Waals surface area contributed by atoms with E-state index in [-0.39, 0.29) is 11.4 Å². The summed E-state index contributed by atoms with van der Waals surface area (Å²) in [6, 6.07) is 0. The van der Waals surface area contributed by atoms with E-state index in [0.29, 0.717) is 6.42 Å². The van der Waals surface area contributed by atoms with Gasteiger partial charge in [0, 0.05) is 0 Å². The molecule has 0 aliphatic rings. The third kappa shape index (κ3) is 3.49. The Morgan fingerprint density at radius 2 is 2.44 bits per heavy atom. The van der Waals surface area contributed by atoms with Crippen LogP contribution in [-0.2, 0) is 0 Å². The van der Waals surface area contributed by atoms with Crippen LogP contribution in [0.25, 0.3) is 0 Å². The second-order valence-corrected chi connectivity index (χ2v) is 2.23. The van der Waals surface area contributed by atoms with Gasteiger partial charge in [-0.25, -0.2) is 4.39 Å². The molecule has 0 amide bonds. The Balaban J connectivity index is 3.59. The Hall–Kier alpha value is -0.0800. The minimum absolute atomic E-state index is 0.114. The first-order chi connectivity index (χ1) is 4.22. The SMILES string of the molecule is CCCC(O)/C(Cl)=C/F. The van der Waals surface area contributed by atoms with Crippen molar-refractivity contribution in [3.63, 3.8) is 0 Å².